The molecule has 0 saturated carbocycles. The van der Waals surface area contributed by atoms with Crippen molar-refractivity contribution in [1.82, 2.24) is 4.98 Å². The number of carbonyl (C=O) groups is 2. The molecule has 0 aliphatic carbocycles. The lowest BCUT2D eigenvalue weighted by molar-refractivity contribution is -0.132. The average molecular weight is 547 g/mol. The maximum absolute atomic E-state index is 13.3. The number of aromatic nitrogens is 1. The molecule has 1 amide bonds. The summed E-state index contributed by atoms with van der Waals surface area (Å²) in [6.45, 7) is 2.58. The van der Waals surface area contributed by atoms with Crippen molar-refractivity contribution in [2.45, 2.75) is 19.6 Å². The first kappa shape index (κ1) is 25.5. The minimum atomic E-state index is -0.931. The van der Waals surface area contributed by atoms with Crippen LogP contribution in [0, 0.1) is 0 Å². The van der Waals surface area contributed by atoms with Gasteiger partial charge in [-0.25, -0.2) is 4.98 Å². The molecular weight excluding hydrogens is 524 g/mol. The zero-order chi connectivity index (χ0) is 26.6. The second-order valence-corrected chi connectivity index (χ2v) is 9.71. The van der Waals surface area contributed by atoms with Gasteiger partial charge in [0.05, 0.1) is 18.2 Å². The summed E-state index contributed by atoms with van der Waals surface area (Å²) in [6, 6.07) is 20.4. The summed E-state index contributed by atoms with van der Waals surface area (Å²) in [5, 5.41) is 13.8. The van der Waals surface area contributed by atoms with Crippen LogP contribution < -0.4 is 14.4 Å². The van der Waals surface area contributed by atoms with Crippen molar-refractivity contribution in [2.24, 2.45) is 0 Å². The molecule has 0 radical (unpaired) electrons. The van der Waals surface area contributed by atoms with Crippen molar-refractivity contribution >= 4 is 45.5 Å². The lowest BCUT2D eigenvalue weighted by Gasteiger charge is -2.24. The minimum absolute atomic E-state index is 0.0482. The summed E-state index contributed by atoms with van der Waals surface area (Å²) >= 11 is 7.23. The highest BCUT2D eigenvalue weighted by atomic mass is 35.5. The Morgan fingerprint density at radius 1 is 1.03 bits per heavy atom. The zero-order valence-electron chi connectivity index (χ0n) is 20.3. The molecule has 2 heterocycles. The van der Waals surface area contributed by atoms with Crippen molar-refractivity contribution in [2.75, 3.05) is 11.5 Å². The van der Waals surface area contributed by atoms with Crippen LogP contribution in [0.3, 0.4) is 0 Å². The smallest absolute Gasteiger partial charge is 0.301 e. The zero-order valence-corrected chi connectivity index (χ0v) is 21.9. The summed E-state index contributed by atoms with van der Waals surface area (Å²) in [6.07, 6.45) is 1.56. The summed E-state index contributed by atoms with van der Waals surface area (Å²) in [5.41, 5.74) is 1.88. The van der Waals surface area contributed by atoms with Crippen LogP contribution in [0.15, 0.2) is 89.9 Å². The second kappa shape index (κ2) is 11.1. The predicted octanol–water partition coefficient (Wildman–Crippen LogP) is 6.40. The van der Waals surface area contributed by atoms with E-state index in [0.717, 1.165) is 5.56 Å². The number of carbonyl (C=O) groups excluding carboxylic acids is 2. The number of amides is 1. The Hall–Kier alpha value is -4.14. The number of ketones is 1. The first-order valence-electron chi connectivity index (χ1n) is 11.9. The Balaban J connectivity index is 1.60. The molecule has 7 nitrogen and oxygen atoms in total. The Bertz CT molecular complexity index is 1490. The van der Waals surface area contributed by atoms with Gasteiger partial charge in [-0.05, 0) is 54.4 Å². The monoisotopic (exact) mass is 546 g/mol. The third kappa shape index (κ3) is 5.01. The topological polar surface area (TPSA) is 89.0 Å². The number of nitrogens with zero attached hydrogens (tertiary/aromatic N) is 2. The van der Waals surface area contributed by atoms with Gasteiger partial charge < -0.3 is 14.6 Å². The Kier molecular flexibility index (Phi) is 7.44. The number of halogens is 1. The molecule has 4 aromatic rings. The van der Waals surface area contributed by atoms with Crippen LogP contribution in [-0.2, 0) is 16.2 Å². The van der Waals surface area contributed by atoms with Crippen molar-refractivity contribution in [3.63, 3.8) is 0 Å². The Labute approximate surface area is 228 Å². The van der Waals surface area contributed by atoms with E-state index in [4.69, 9.17) is 21.1 Å². The molecule has 38 heavy (non-hydrogen) atoms. The fourth-order valence-electron chi connectivity index (χ4n) is 4.26. The number of aliphatic hydroxyl groups excluding tert-OH is 1. The molecule has 3 aromatic carbocycles. The number of hydrogen-bond acceptors (Lipinski definition) is 7. The molecule has 0 bridgehead atoms. The normalized spacial score (nSPS) is 16.6. The molecular formula is C29H23ClN2O5S. The molecule has 0 spiro atoms. The van der Waals surface area contributed by atoms with Gasteiger partial charge >= 0.3 is 5.91 Å². The highest BCUT2D eigenvalue weighted by molar-refractivity contribution is 7.14. The van der Waals surface area contributed by atoms with Crippen molar-refractivity contribution in [3.05, 3.63) is 112 Å². The number of aliphatic hydroxyl groups is 1. The molecule has 1 fully saturated rings. The summed E-state index contributed by atoms with van der Waals surface area (Å²) in [4.78, 5) is 32.1. The molecule has 5 rings (SSSR count). The number of thiazole rings is 1. The van der Waals surface area contributed by atoms with Gasteiger partial charge in [0.1, 0.15) is 12.4 Å². The van der Waals surface area contributed by atoms with E-state index in [0.29, 0.717) is 46.0 Å². The first-order chi connectivity index (χ1) is 18.5. The molecule has 192 valence electrons. The van der Waals surface area contributed by atoms with E-state index in [9.17, 15) is 14.7 Å². The predicted molar refractivity (Wildman–Crippen MR) is 147 cm³/mol. The molecule has 1 atom stereocenters. The van der Waals surface area contributed by atoms with Crippen LogP contribution in [0.25, 0.3) is 5.76 Å². The number of anilines is 1. The van der Waals surface area contributed by atoms with Crippen molar-refractivity contribution in [3.8, 4) is 11.5 Å². The van der Waals surface area contributed by atoms with Gasteiger partial charge in [0.15, 0.2) is 16.6 Å². The van der Waals surface area contributed by atoms with E-state index in [-0.39, 0.29) is 11.3 Å². The second-order valence-electron chi connectivity index (χ2n) is 8.40. The molecule has 1 aromatic heterocycles. The van der Waals surface area contributed by atoms with Crippen LogP contribution >= 0.6 is 22.9 Å². The van der Waals surface area contributed by atoms with Gasteiger partial charge in [0, 0.05) is 22.2 Å². The van der Waals surface area contributed by atoms with Crippen LogP contribution in [0.5, 0.6) is 11.5 Å². The van der Waals surface area contributed by atoms with Gasteiger partial charge in [-0.2, -0.15) is 0 Å². The number of ether oxygens (including phenoxy) is 2. The lowest BCUT2D eigenvalue weighted by Crippen LogP contribution is -2.29. The van der Waals surface area contributed by atoms with E-state index in [2.05, 4.69) is 4.98 Å². The maximum Gasteiger partial charge on any atom is 0.301 e. The fourth-order valence-corrected chi connectivity index (χ4v) is 5.05. The van der Waals surface area contributed by atoms with Crippen LogP contribution in [0.1, 0.15) is 29.7 Å². The number of rotatable bonds is 8. The van der Waals surface area contributed by atoms with E-state index < -0.39 is 17.7 Å². The molecule has 1 saturated heterocycles. The third-order valence-corrected chi connectivity index (χ3v) is 7.03. The van der Waals surface area contributed by atoms with E-state index in [1.165, 1.54) is 16.2 Å². The highest BCUT2D eigenvalue weighted by Gasteiger charge is 2.48. The first-order valence-corrected chi connectivity index (χ1v) is 13.1. The van der Waals surface area contributed by atoms with Gasteiger partial charge in [-0.15, -0.1) is 11.3 Å². The van der Waals surface area contributed by atoms with Crippen LogP contribution in [0.2, 0.25) is 5.02 Å². The summed E-state index contributed by atoms with van der Waals surface area (Å²) in [7, 11) is 0. The molecule has 1 aliphatic heterocycles. The minimum Gasteiger partial charge on any atom is -0.507 e. The average Bonchev–Trinajstić information content (AvgIpc) is 3.55. The number of benzene rings is 3. The van der Waals surface area contributed by atoms with Crippen LogP contribution in [0.4, 0.5) is 5.13 Å². The van der Waals surface area contributed by atoms with Gasteiger partial charge in [-0.1, -0.05) is 48.0 Å². The van der Waals surface area contributed by atoms with E-state index in [1.807, 2.05) is 37.3 Å². The molecule has 1 aliphatic rings. The van der Waals surface area contributed by atoms with E-state index in [1.54, 1.807) is 54.0 Å². The highest BCUT2D eigenvalue weighted by Crippen LogP contribution is 2.44. The Morgan fingerprint density at radius 3 is 2.47 bits per heavy atom. The van der Waals surface area contributed by atoms with Crippen LogP contribution in [-0.4, -0.2) is 28.4 Å². The third-order valence-electron chi connectivity index (χ3n) is 6.01. The van der Waals surface area contributed by atoms with Crippen molar-refractivity contribution < 1.29 is 24.2 Å². The van der Waals surface area contributed by atoms with Gasteiger partial charge in [0.2, 0.25) is 0 Å². The lowest BCUT2D eigenvalue weighted by atomic mass is 9.95. The van der Waals surface area contributed by atoms with Gasteiger partial charge in [0.25, 0.3) is 5.78 Å². The molecule has 1 unspecified atom stereocenters. The van der Waals surface area contributed by atoms with Crippen molar-refractivity contribution in [1.29, 1.82) is 0 Å². The SMILES string of the molecule is CCOc1cc(C2/C(=C(\O)c3ccc(Cl)cc3)C(=O)C(=O)N2c2nccs2)ccc1OCc1ccccc1. The molecule has 1 N–H and O–H groups in total. The summed E-state index contributed by atoms with van der Waals surface area (Å²) in [5.74, 6) is -0.908. The Morgan fingerprint density at radius 2 is 1.79 bits per heavy atom. The fraction of sp³-hybridized carbons (Fsp3) is 0.138. The van der Waals surface area contributed by atoms with Gasteiger partial charge in [-0.3, -0.25) is 14.5 Å². The standard InChI is InChI=1S/C29H23ClN2O5S/c1-2-36-23-16-20(10-13-22(23)37-17-18-6-4-3-5-7-18)25-24(26(33)19-8-11-21(30)12-9-19)27(34)28(35)32(25)29-31-14-15-38-29/h3-16,25,33H,2,17H2,1H3/b26-24+. The summed E-state index contributed by atoms with van der Waals surface area (Å²) < 4.78 is 11.9. The number of Topliss-reactive ketones (excluding diaryl/α,β-unsaturated/α-hetero) is 1. The quantitative estimate of drug-likeness (QED) is 0.156. The van der Waals surface area contributed by atoms with E-state index >= 15 is 0 Å². The molecule has 9 heteroatoms. The number of hydrogen-bond donors (Lipinski definition) is 1. The largest absolute Gasteiger partial charge is 0.507 e. The maximum atomic E-state index is 13.3.